The maximum atomic E-state index is 4.44. The van der Waals surface area contributed by atoms with Gasteiger partial charge in [-0.05, 0) is 74.1 Å². The summed E-state index contributed by atoms with van der Waals surface area (Å²) in [6, 6.07) is 54.5. The molecular formula is C42H27N3. The molecule has 2 aromatic heterocycles. The van der Waals surface area contributed by atoms with E-state index in [1.165, 1.54) is 65.6 Å². The SMILES string of the molecule is c1cnc(-c2ccc(-c3c4ccccc4c(-c4ccc(-n5c6ccccc6c6ccccc65)cc4)c4ccccc34)cc2)nc1. The van der Waals surface area contributed by atoms with Gasteiger partial charge in [-0.15, -0.1) is 0 Å². The van der Waals surface area contributed by atoms with Gasteiger partial charge < -0.3 is 4.57 Å². The summed E-state index contributed by atoms with van der Waals surface area (Å²) >= 11 is 0. The zero-order valence-electron chi connectivity index (χ0n) is 24.4. The lowest BCUT2D eigenvalue weighted by atomic mass is 9.86. The first-order valence-electron chi connectivity index (χ1n) is 15.3. The van der Waals surface area contributed by atoms with Crippen molar-refractivity contribution in [2.24, 2.45) is 0 Å². The Labute approximate surface area is 260 Å². The predicted octanol–water partition coefficient (Wildman–Crippen LogP) is 10.9. The van der Waals surface area contributed by atoms with Gasteiger partial charge in [0.1, 0.15) is 0 Å². The van der Waals surface area contributed by atoms with E-state index >= 15 is 0 Å². The summed E-state index contributed by atoms with van der Waals surface area (Å²) in [5.74, 6) is 0.735. The first-order valence-corrected chi connectivity index (χ1v) is 15.3. The van der Waals surface area contributed by atoms with Crippen LogP contribution >= 0.6 is 0 Å². The molecule has 0 aliphatic heterocycles. The molecule has 0 saturated carbocycles. The number of fused-ring (bicyclic) bond motifs is 5. The molecule has 0 atom stereocenters. The third-order valence-corrected chi connectivity index (χ3v) is 8.92. The summed E-state index contributed by atoms with van der Waals surface area (Å²) in [5, 5.41) is 7.50. The quantitative estimate of drug-likeness (QED) is 0.196. The summed E-state index contributed by atoms with van der Waals surface area (Å²) < 4.78 is 2.37. The number of hydrogen-bond acceptors (Lipinski definition) is 2. The van der Waals surface area contributed by atoms with Crippen LogP contribution in [0.1, 0.15) is 0 Å². The average molecular weight is 574 g/mol. The fourth-order valence-electron chi connectivity index (χ4n) is 6.96. The van der Waals surface area contributed by atoms with Crippen LogP contribution in [0.4, 0.5) is 0 Å². The Morgan fingerprint density at radius 1 is 0.333 bits per heavy atom. The van der Waals surface area contributed by atoms with Crippen LogP contribution in [0.3, 0.4) is 0 Å². The van der Waals surface area contributed by atoms with Crippen LogP contribution in [0.25, 0.3) is 82.7 Å². The smallest absolute Gasteiger partial charge is 0.159 e. The Morgan fingerprint density at radius 2 is 0.711 bits per heavy atom. The van der Waals surface area contributed by atoms with Crippen molar-refractivity contribution in [2.45, 2.75) is 0 Å². The van der Waals surface area contributed by atoms with Crippen molar-refractivity contribution in [1.29, 1.82) is 0 Å². The third-order valence-electron chi connectivity index (χ3n) is 8.92. The van der Waals surface area contributed by atoms with Gasteiger partial charge in [-0.3, -0.25) is 0 Å². The molecule has 0 saturated heterocycles. The normalized spacial score (nSPS) is 11.6. The lowest BCUT2D eigenvalue weighted by molar-refractivity contribution is 1.18. The van der Waals surface area contributed by atoms with Gasteiger partial charge in [0.2, 0.25) is 0 Å². The van der Waals surface area contributed by atoms with Crippen molar-refractivity contribution >= 4 is 43.4 Å². The number of nitrogens with zero attached hydrogens (tertiary/aromatic N) is 3. The Hall–Kier alpha value is -6.06. The van der Waals surface area contributed by atoms with E-state index in [4.69, 9.17) is 0 Å². The van der Waals surface area contributed by atoms with Crippen LogP contribution in [0.15, 0.2) is 164 Å². The lowest BCUT2D eigenvalue weighted by Gasteiger charge is -2.18. The van der Waals surface area contributed by atoms with E-state index in [9.17, 15) is 0 Å². The number of rotatable bonds is 4. The highest BCUT2D eigenvalue weighted by molar-refractivity contribution is 6.21. The molecule has 9 aromatic rings. The molecule has 0 amide bonds. The molecule has 7 aromatic carbocycles. The number of para-hydroxylation sites is 2. The average Bonchev–Trinajstić information content (AvgIpc) is 3.45. The van der Waals surface area contributed by atoms with Gasteiger partial charge in [-0.2, -0.15) is 0 Å². The first-order chi connectivity index (χ1) is 22.3. The second-order valence-electron chi connectivity index (χ2n) is 11.4. The Bertz CT molecular complexity index is 2400. The molecule has 0 unspecified atom stereocenters. The van der Waals surface area contributed by atoms with Crippen LogP contribution in [0, 0.1) is 0 Å². The maximum absolute atomic E-state index is 4.44. The monoisotopic (exact) mass is 573 g/mol. The molecule has 210 valence electrons. The van der Waals surface area contributed by atoms with E-state index in [0.29, 0.717) is 0 Å². The molecule has 0 N–H and O–H groups in total. The lowest BCUT2D eigenvalue weighted by Crippen LogP contribution is -1.94. The maximum Gasteiger partial charge on any atom is 0.159 e. The van der Waals surface area contributed by atoms with Crippen LogP contribution in [0.5, 0.6) is 0 Å². The fourth-order valence-corrected chi connectivity index (χ4v) is 6.96. The minimum absolute atomic E-state index is 0.735. The summed E-state index contributed by atoms with van der Waals surface area (Å²) in [4.78, 5) is 8.87. The van der Waals surface area contributed by atoms with Crippen LogP contribution in [-0.4, -0.2) is 14.5 Å². The standard InChI is InChI=1S/C42H27N3/c1-3-14-36-34(12-1)40(28-18-20-30(21-19-28)42-43-26-9-27-44-42)35-13-2-4-15-37(35)41(36)29-22-24-31(25-23-29)45-38-16-7-5-10-32(38)33-11-6-8-17-39(33)45/h1-27H. The highest BCUT2D eigenvalue weighted by Gasteiger charge is 2.17. The van der Waals surface area contributed by atoms with Crippen LogP contribution in [-0.2, 0) is 0 Å². The predicted molar refractivity (Wildman–Crippen MR) is 188 cm³/mol. The van der Waals surface area contributed by atoms with Crippen molar-refractivity contribution in [2.75, 3.05) is 0 Å². The molecule has 9 rings (SSSR count). The van der Waals surface area contributed by atoms with E-state index < -0.39 is 0 Å². The zero-order chi connectivity index (χ0) is 29.7. The van der Waals surface area contributed by atoms with E-state index in [0.717, 1.165) is 17.1 Å². The van der Waals surface area contributed by atoms with E-state index in [1.54, 1.807) is 12.4 Å². The molecule has 3 heteroatoms. The van der Waals surface area contributed by atoms with Gasteiger partial charge in [0, 0.05) is 34.4 Å². The number of hydrogen-bond donors (Lipinski definition) is 0. The molecule has 2 heterocycles. The third kappa shape index (κ3) is 4.05. The minimum Gasteiger partial charge on any atom is -0.309 e. The van der Waals surface area contributed by atoms with Crippen molar-refractivity contribution in [3.05, 3.63) is 164 Å². The molecule has 0 aliphatic carbocycles. The molecule has 3 nitrogen and oxygen atoms in total. The summed E-state index contributed by atoms with van der Waals surface area (Å²) in [5.41, 5.74) is 9.48. The largest absolute Gasteiger partial charge is 0.309 e. The second kappa shape index (κ2) is 10.3. The van der Waals surface area contributed by atoms with E-state index in [2.05, 4.69) is 160 Å². The van der Waals surface area contributed by atoms with Crippen molar-refractivity contribution in [3.63, 3.8) is 0 Å². The summed E-state index contributed by atoms with van der Waals surface area (Å²) in [6.45, 7) is 0. The topological polar surface area (TPSA) is 30.7 Å². The number of benzene rings is 7. The Kier molecular flexibility index (Phi) is 5.82. The van der Waals surface area contributed by atoms with Crippen molar-refractivity contribution in [3.8, 4) is 39.3 Å². The molecule has 45 heavy (non-hydrogen) atoms. The van der Waals surface area contributed by atoms with E-state index in [-0.39, 0.29) is 0 Å². The van der Waals surface area contributed by atoms with Gasteiger partial charge in [-0.25, -0.2) is 9.97 Å². The van der Waals surface area contributed by atoms with Crippen molar-refractivity contribution < 1.29 is 0 Å². The van der Waals surface area contributed by atoms with Gasteiger partial charge in [0.25, 0.3) is 0 Å². The van der Waals surface area contributed by atoms with Gasteiger partial charge in [0.05, 0.1) is 11.0 Å². The fraction of sp³-hybridized carbons (Fsp3) is 0. The Balaban J connectivity index is 1.23. The van der Waals surface area contributed by atoms with Gasteiger partial charge >= 0.3 is 0 Å². The van der Waals surface area contributed by atoms with Crippen LogP contribution < -0.4 is 0 Å². The summed E-state index contributed by atoms with van der Waals surface area (Å²) in [7, 11) is 0. The molecule has 0 spiro atoms. The van der Waals surface area contributed by atoms with E-state index in [1.807, 2.05) is 6.07 Å². The van der Waals surface area contributed by atoms with Gasteiger partial charge in [-0.1, -0.05) is 121 Å². The first kappa shape index (κ1) is 25.4. The highest BCUT2D eigenvalue weighted by atomic mass is 15.0. The van der Waals surface area contributed by atoms with Gasteiger partial charge in [0.15, 0.2) is 5.82 Å². The summed E-state index contributed by atoms with van der Waals surface area (Å²) in [6.07, 6.45) is 3.57. The molecule has 0 fully saturated rings. The van der Waals surface area contributed by atoms with Crippen molar-refractivity contribution in [1.82, 2.24) is 14.5 Å². The zero-order valence-corrected chi connectivity index (χ0v) is 24.4. The molecular weight excluding hydrogens is 546 g/mol. The van der Waals surface area contributed by atoms with Crippen LogP contribution in [0.2, 0.25) is 0 Å². The second-order valence-corrected chi connectivity index (χ2v) is 11.4. The minimum atomic E-state index is 0.735. The molecule has 0 bridgehead atoms. The number of aromatic nitrogens is 3. The molecule has 0 aliphatic rings. The highest BCUT2D eigenvalue weighted by Crippen LogP contribution is 2.44. The molecule has 0 radical (unpaired) electrons. The Morgan fingerprint density at radius 3 is 1.18 bits per heavy atom.